The third kappa shape index (κ3) is 3.76. The van der Waals surface area contributed by atoms with Crippen molar-refractivity contribution >= 4 is 5.91 Å². The van der Waals surface area contributed by atoms with Gasteiger partial charge in [0.25, 0.3) is 0 Å². The summed E-state index contributed by atoms with van der Waals surface area (Å²) < 4.78 is 13.6. The van der Waals surface area contributed by atoms with Gasteiger partial charge in [-0.2, -0.15) is 5.26 Å². The van der Waals surface area contributed by atoms with Crippen LogP contribution in [0.15, 0.2) is 18.2 Å². The van der Waals surface area contributed by atoms with E-state index in [1.807, 2.05) is 19.9 Å². The first-order valence-corrected chi connectivity index (χ1v) is 6.06. The van der Waals surface area contributed by atoms with Crippen molar-refractivity contribution in [1.82, 2.24) is 4.90 Å². The zero-order valence-electron chi connectivity index (χ0n) is 11.4. The summed E-state index contributed by atoms with van der Waals surface area (Å²) in [5.41, 5.74) is 6.45. The predicted molar refractivity (Wildman–Crippen MR) is 70.4 cm³/mol. The molecule has 0 unspecified atom stereocenters. The van der Waals surface area contributed by atoms with Gasteiger partial charge in [-0.15, -0.1) is 0 Å². The molecule has 1 atom stereocenters. The first-order valence-electron chi connectivity index (χ1n) is 6.06. The highest BCUT2D eigenvalue weighted by Crippen LogP contribution is 2.13. The molecule has 1 aromatic rings. The topological polar surface area (TPSA) is 70.1 Å². The van der Waals surface area contributed by atoms with Crippen LogP contribution in [-0.2, 0) is 11.3 Å². The van der Waals surface area contributed by atoms with Crippen LogP contribution in [0.4, 0.5) is 4.39 Å². The molecule has 5 heteroatoms. The first-order chi connectivity index (χ1) is 8.86. The van der Waals surface area contributed by atoms with Crippen molar-refractivity contribution in [3.8, 4) is 6.07 Å². The minimum Gasteiger partial charge on any atom is -0.340 e. The van der Waals surface area contributed by atoms with Gasteiger partial charge in [0.05, 0.1) is 17.7 Å². The molecule has 0 spiro atoms. The Labute approximate surface area is 112 Å². The Morgan fingerprint density at radius 2 is 2.16 bits per heavy atom. The molecule has 0 saturated carbocycles. The van der Waals surface area contributed by atoms with Gasteiger partial charge in [0, 0.05) is 19.2 Å². The second kappa shape index (κ2) is 6.30. The maximum atomic E-state index is 13.6. The van der Waals surface area contributed by atoms with Crippen molar-refractivity contribution < 1.29 is 9.18 Å². The van der Waals surface area contributed by atoms with Gasteiger partial charge in [0.15, 0.2) is 0 Å². The summed E-state index contributed by atoms with van der Waals surface area (Å²) in [4.78, 5) is 13.3. The molecular formula is C14H18FN3O. The molecular weight excluding hydrogens is 245 g/mol. The molecule has 0 fully saturated rings. The van der Waals surface area contributed by atoms with Gasteiger partial charge in [-0.1, -0.05) is 13.8 Å². The number of likely N-dealkylation sites (N-methyl/N-ethyl adjacent to an activating group) is 1. The molecule has 19 heavy (non-hydrogen) atoms. The summed E-state index contributed by atoms with van der Waals surface area (Å²) in [5, 5.41) is 8.78. The third-order valence-electron chi connectivity index (χ3n) is 2.96. The van der Waals surface area contributed by atoms with Crippen molar-refractivity contribution in [2.75, 3.05) is 7.05 Å². The molecule has 0 radical (unpaired) electrons. The number of carbonyl (C=O) groups is 1. The first kappa shape index (κ1) is 15.1. The smallest absolute Gasteiger partial charge is 0.239 e. The van der Waals surface area contributed by atoms with E-state index in [4.69, 9.17) is 11.0 Å². The van der Waals surface area contributed by atoms with E-state index < -0.39 is 11.9 Å². The summed E-state index contributed by atoms with van der Waals surface area (Å²) in [7, 11) is 1.57. The van der Waals surface area contributed by atoms with E-state index in [9.17, 15) is 9.18 Å². The number of benzene rings is 1. The van der Waals surface area contributed by atoms with Gasteiger partial charge >= 0.3 is 0 Å². The molecule has 0 aliphatic heterocycles. The van der Waals surface area contributed by atoms with Crippen LogP contribution >= 0.6 is 0 Å². The molecule has 102 valence electrons. The standard InChI is InChI=1S/C14H18FN3O/c1-9(2)13(17)14(19)18(3)8-11-6-10(7-16)4-5-12(11)15/h4-6,9,13H,8,17H2,1-3H3/t13-/m1/s1. The van der Waals surface area contributed by atoms with Crippen molar-refractivity contribution in [3.05, 3.63) is 35.1 Å². The quantitative estimate of drug-likeness (QED) is 0.897. The van der Waals surface area contributed by atoms with Gasteiger partial charge < -0.3 is 10.6 Å². The third-order valence-corrected chi connectivity index (χ3v) is 2.96. The molecule has 1 rings (SSSR count). The highest BCUT2D eigenvalue weighted by atomic mass is 19.1. The molecule has 0 bridgehead atoms. The van der Waals surface area contributed by atoms with Gasteiger partial charge in [-0.3, -0.25) is 4.79 Å². The highest BCUT2D eigenvalue weighted by Gasteiger charge is 2.21. The SMILES string of the molecule is CC(C)[C@@H](N)C(=O)N(C)Cc1cc(C#N)ccc1F. The fraction of sp³-hybridized carbons (Fsp3) is 0.429. The van der Waals surface area contributed by atoms with Gasteiger partial charge in [0.2, 0.25) is 5.91 Å². The number of halogens is 1. The van der Waals surface area contributed by atoms with Crippen LogP contribution in [0.5, 0.6) is 0 Å². The van der Waals surface area contributed by atoms with E-state index in [0.717, 1.165) is 0 Å². The molecule has 0 aromatic heterocycles. The van der Waals surface area contributed by atoms with Gasteiger partial charge in [0.1, 0.15) is 5.82 Å². The van der Waals surface area contributed by atoms with E-state index in [1.165, 1.54) is 23.1 Å². The minimum absolute atomic E-state index is 0.0187. The zero-order valence-corrected chi connectivity index (χ0v) is 11.4. The van der Waals surface area contributed by atoms with E-state index in [0.29, 0.717) is 11.1 Å². The monoisotopic (exact) mass is 263 g/mol. The van der Waals surface area contributed by atoms with Crippen LogP contribution in [0.1, 0.15) is 25.0 Å². The number of rotatable bonds is 4. The van der Waals surface area contributed by atoms with Gasteiger partial charge in [-0.25, -0.2) is 4.39 Å². The number of amides is 1. The maximum absolute atomic E-state index is 13.6. The Morgan fingerprint density at radius 3 is 2.68 bits per heavy atom. The van der Waals surface area contributed by atoms with E-state index in [-0.39, 0.29) is 18.4 Å². The lowest BCUT2D eigenvalue weighted by Crippen LogP contribution is -2.44. The maximum Gasteiger partial charge on any atom is 0.239 e. The Balaban J connectivity index is 2.85. The lowest BCUT2D eigenvalue weighted by atomic mass is 10.0. The Hall–Kier alpha value is -1.93. The van der Waals surface area contributed by atoms with Crippen molar-refractivity contribution in [3.63, 3.8) is 0 Å². The number of carbonyl (C=O) groups excluding carboxylic acids is 1. The molecule has 1 amide bonds. The largest absolute Gasteiger partial charge is 0.340 e. The molecule has 0 heterocycles. The Bertz CT molecular complexity index is 508. The summed E-state index contributed by atoms with van der Waals surface area (Å²) in [6.45, 7) is 3.81. The van der Waals surface area contributed by atoms with Crippen LogP contribution in [-0.4, -0.2) is 23.9 Å². The summed E-state index contributed by atoms with van der Waals surface area (Å²) >= 11 is 0. The molecule has 0 aliphatic carbocycles. The van der Waals surface area contributed by atoms with Crippen LogP contribution in [0.3, 0.4) is 0 Å². The molecule has 4 nitrogen and oxygen atoms in total. The highest BCUT2D eigenvalue weighted by molar-refractivity contribution is 5.81. The Kier molecular flexibility index (Phi) is 5.02. The van der Waals surface area contributed by atoms with Crippen LogP contribution in [0, 0.1) is 23.1 Å². The van der Waals surface area contributed by atoms with Crippen molar-refractivity contribution in [2.24, 2.45) is 11.7 Å². The van der Waals surface area contributed by atoms with Crippen LogP contribution in [0.2, 0.25) is 0 Å². The molecule has 0 saturated heterocycles. The summed E-state index contributed by atoms with van der Waals surface area (Å²) in [5.74, 6) is -0.654. The van der Waals surface area contributed by atoms with Gasteiger partial charge in [-0.05, 0) is 24.1 Å². The Morgan fingerprint density at radius 1 is 1.53 bits per heavy atom. The zero-order chi connectivity index (χ0) is 14.6. The average Bonchev–Trinajstić information content (AvgIpc) is 2.39. The number of nitrogens with zero attached hydrogens (tertiary/aromatic N) is 2. The second-order valence-corrected chi connectivity index (χ2v) is 4.88. The summed E-state index contributed by atoms with van der Waals surface area (Å²) in [6, 6.07) is 5.42. The van der Waals surface area contributed by atoms with Crippen LogP contribution < -0.4 is 5.73 Å². The number of nitriles is 1. The normalized spacial score (nSPS) is 12.1. The molecule has 0 aliphatic rings. The van der Waals surface area contributed by atoms with E-state index in [1.54, 1.807) is 7.05 Å². The number of hydrogen-bond donors (Lipinski definition) is 1. The molecule has 1 aromatic carbocycles. The van der Waals surface area contributed by atoms with Crippen molar-refractivity contribution in [1.29, 1.82) is 5.26 Å². The van der Waals surface area contributed by atoms with Crippen LogP contribution in [0.25, 0.3) is 0 Å². The van der Waals surface area contributed by atoms with Crippen molar-refractivity contribution in [2.45, 2.75) is 26.4 Å². The fourth-order valence-corrected chi connectivity index (χ4v) is 1.64. The predicted octanol–water partition coefficient (Wildman–Crippen LogP) is 1.64. The van der Waals surface area contributed by atoms with E-state index >= 15 is 0 Å². The minimum atomic E-state index is -0.604. The number of nitrogens with two attached hydrogens (primary N) is 1. The average molecular weight is 263 g/mol. The lowest BCUT2D eigenvalue weighted by Gasteiger charge is -2.23. The second-order valence-electron chi connectivity index (χ2n) is 4.88. The lowest BCUT2D eigenvalue weighted by molar-refractivity contribution is -0.132. The van der Waals surface area contributed by atoms with E-state index in [2.05, 4.69) is 0 Å². The molecule has 2 N–H and O–H groups in total. The fourth-order valence-electron chi connectivity index (χ4n) is 1.64. The number of hydrogen-bond acceptors (Lipinski definition) is 3. The summed E-state index contributed by atoms with van der Waals surface area (Å²) in [6.07, 6.45) is 0.